The second kappa shape index (κ2) is 4.23. The number of para-hydroxylation sites is 1. The third-order valence-corrected chi connectivity index (χ3v) is 3.67. The topological polar surface area (TPSA) is 53.2 Å². The van der Waals surface area contributed by atoms with E-state index in [1.807, 2.05) is 35.9 Å². The number of hydrogen-bond acceptors (Lipinski definition) is 3. The highest BCUT2D eigenvalue weighted by Crippen LogP contribution is 2.26. The van der Waals surface area contributed by atoms with Gasteiger partial charge in [0.25, 0.3) is 0 Å². The van der Waals surface area contributed by atoms with Crippen LogP contribution in [-0.2, 0) is 18.8 Å². The van der Waals surface area contributed by atoms with E-state index in [1.165, 1.54) is 13.2 Å². The van der Waals surface area contributed by atoms with Crippen molar-refractivity contribution in [3.63, 3.8) is 0 Å². The maximum absolute atomic E-state index is 12.3. The molecule has 20 heavy (non-hydrogen) atoms. The van der Waals surface area contributed by atoms with E-state index in [-0.39, 0.29) is 11.1 Å². The minimum Gasteiger partial charge on any atom is -0.464 e. The summed E-state index contributed by atoms with van der Waals surface area (Å²) < 4.78 is 8.30. The predicted octanol–water partition coefficient (Wildman–Crippen LogP) is 1.82. The lowest BCUT2D eigenvalue weighted by Crippen LogP contribution is -2.17. The molecule has 1 aromatic carbocycles. The van der Waals surface area contributed by atoms with Gasteiger partial charge in [0.1, 0.15) is 11.2 Å². The molecule has 0 spiro atoms. The summed E-state index contributed by atoms with van der Waals surface area (Å²) in [5.74, 6) is -0.514. The Morgan fingerprint density at radius 2 is 1.80 bits per heavy atom. The summed E-state index contributed by atoms with van der Waals surface area (Å²) in [7, 11) is 4.92. The van der Waals surface area contributed by atoms with Gasteiger partial charge in [-0.05, 0) is 6.07 Å². The Bertz CT molecular complexity index is 903. The first-order valence-corrected chi connectivity index (χ1v) is 6.21. The quantitative estimate of drug-likeness (QED) is 0.634. The van der Waals surface area contributed by atoms with Gasteiger partial charge in [-0.25, -0.2) is 4.79 Å². The van der Waals surface area contributed by atoms with Crippen molar-refractivity contribution in [2.24, 2.45) is 14.1 Å². The molecule has 0 saturated carbocycles. The zero-order valence-electron chi connectivity index (χ0n) is 11.5. The van der Waals surface area contributed by atoms with Gasteiger partial charge >= 0.3 is 5.97 Å². The number of hydrogen-bond donors (Lipinski definition) is 0. The zero-order chi connectivity index (χ0) is 14.4. The number of benzene rings is 1. The molecule has 5 nitrogen and oxygen atoms in total. The first-order chi connectivity index (χ1) is 9.56. The summed E-state index contributed by atoms with van der Waals surface area (Å²) in [5, 5.41) is 0.940. The molecular formula is C15H14N2O3. The molecule has 0 amide bonds. The summed E-state index contributed by atoms with van der Waals surface area (Å²) in [6.45, 7) is 0. The Morgan fingerprint density at radius 3 is 2.50 bits per heavy atom. The number of aromatic nitrogens is 2. The normalized spacial score (nSPS) is 11.2. The number of carbonyl (C=O) groups is 1. The average molecular weight is 270 g/mol. The van der Waals surface area contributed by atoms with Gasteiger partial charge in [0.05, 0.1) is 18.1 Å². The van der Waals surface area contributed by atoms with E-state index in [4.69, 9.17) is 4.74 Å². The number of carbonyl (C=O) groups excluding carboxylic acids is 1. The summed E-state index contributed by atoms with van der Waals surface area (Å²) >= 11 is 0. The fraction of sp³-hybridized carbons (Fsp3) is 0.200. The van der Waals surface area contributed by atoms with Crippen molar-refractivity contribution in [2.45, 2.75) is 0 Å². The SMILES string of the molecule is COC(=O)c1cc(=O)c2c(c3ccccc3n2C)n1C. The summed E-state index contributed by atoms with van der Waals surface area (Å²) in [5.41, 5.74) is 2.35. The lowest BCUT2D eigenvalue weighted by atomic mass is 10.2. The van der Waals surface area contributed by atoms with Crippen LogP contribution in [0.25, 0.3) is 21.9 Å². The molecule has 5 heteroatoms. The van der Waals surface area contributed by atoms with Crippen LogP contribution >= 0.6 is 0 Å². The van der Waals surface area contributed by atoms with Crippen LogP contribution in [0, 0.1) is 0 Å². The predicted molar refractivity (Wildman–Crippen MR) is 77.0 cm³/mol. The van der Waals surface area contributed by atoms with Crippen molar-refractivity contribution in [1.82, 2.24) is 9.13 Å². The van der Waals surface area contributed by atoms with Gasteiger partial charge in [-0.1, -0.05) is 18.2 Å². The van der Waals surface area contributed by atoms with Gasteiger partial charge in [0.2, 0.25) is 5.43 Å². The lowest BCUT2D eigenvalue weighted by Gasteiger charge is -2.08. The van der Waals surface area contributed by atoms with Crippen molar-refractivity contribution < 1.29 is 9.53 Å². The van der Waals surface area contributed by atoms with Crippen molar-refractivity contribution in [3.05, 3.63) is 46.2 Å². The highest BCUT2D eigenvalue weighted by Gasteiger charge is 2.18. The number of rotatable bonds is 1. The molecule has 102 valence electrons. The second-order valence-electron chi connectivity index (χ2n) is 4.72. The minimum atomic E-state index is -0.514. The van der Waals surface area contributed by atoms with E-state index in [2.05, 4.69) is 0 Å². The van der Waals surface area contributed by atoms with Gasteiger partial charge in [-0.3, -0.25) is 4.79 Å². The van der Waals surface area contributed by atoms with Crippen LogP contribution in [0.1, 0.15) is 10.5 Å². The molecule has 3 rings (SSSR count). The summed E-state index contributed by atoms with van der Waals surface area (Å²) in [4.78, 5) is 24.1. The smallest absolute Gasteiger partial charge is 0.354 e. The fourth-order valence-electron chi connectivity index (χ4n) is 2.70. The highest BCUT2D eigenvalue weighted by molar-refractivity contribution is 6.07. The first-order valence-electron chi connectivity index (χ1n) is 6.21. The second-order valence-corrected chi connectivity index (χ2v) is 4.72. The third-order valence-electron chi connectivity index (χ3n) is 3.67. The number of methoxy groups -OCH3 is 1. The lowest BCUT2D eigenvalue weighted by molar-refractivity contribution is 0.0589. The van der Waals surface area contributed by atoms with Crippen molar-refractivity contribution >= 4 is 27.9 Å². The van der Waals surface area contributed by atoms with E-state index in [0.717, 1.165) is 16.4 Å². The van der Waals surface area contributed by atoms with Gasteiger partial charge in [-0.2, -0.15) is 0 Å². The van der Waals surface area contributed by atoms with Gasteiger partial charge in [0, 0.05) is 25.5 Å². The van der Waals surface area contributed by atoms with E-state index in [0.29, 0.717) is 5.52 Å². The molecule has 0 atom stereocenters. The maximum atomic E-state index is 12.3. The van der Waals surface area contributed by atoms with Crippen LogP contribution in [0.15, 0.2) is 35.1 Å². The first kappa shape index (κ1) is 12.5. The maximum Gasteiger partial charge on any atom is 0.354 e. The van der Waals surface area contributed by atoms with E-state index < -0.39 is 5.97 Å². The number of esters is 1. The zero-order valence-corrected chi connectivity index (χ0v) is 11.5. The number of fused-ring (bicyclic) bond motifs is 3. The Hall–Kier alpha value is -2.56. The summed E-state index contributed by atoms with van der Waals surface area (Å²) in [6.07, 6.45) is 0. The molecular weight excluding hydrogens is 256 g/mol. The van der Waals surface area contributed by atoms with Crippen LogP contribution in [0.2, 0.25) is 0 Å². The van der Waals surface area contributed by atoms with Crippen molar-refractivity contribution in [3.8, 4) is 0 Å². The van der Waals surface area contributed by atoms with E-state index in [1.54, 1.807) is 11.6 Å². The highest BCUT2D eigenvalue weighted by atomic mass is 16.5. The standard InChI is InChI=1S/C15H14N2O3/c1-16-10-7-5-4-6-9(10)13-14(16)12(18)8-11(17(13)2)15(19)20-3/h4-8H,1-3H3. The van der Waals surface area contributed by atoms with Crippen LogP contribution in [-0.4, -0.2) is 22.2 Å². The molecule has 0 unspecified atom stereocenters. The number of ether oxygens (including phenoxy) is 1. The molecule has 0 aliphatic rings. The van der Waals surface area contributed by atoms with Crippen LogP contribution in [0.3, 0.4) is 0 Å². The minimum absolute atomic E-state index is 0.183. The third kappa shape index (κ3) is 1.49. The molecule has 0 aliphatic carbocycles. The fourth-order valence-corrected chi connectivity index (χ4v) is 2.70. The van der Waals surface area contributed by atoms with Crippen molar-refractivity contribution in [2.75, 3.05) is 7.11 Å². The van der Waals surface area contributed by atoms with Gasteiger partial charge in [0.15, 0.2) is 0 Å². The Labute approximate surface area is 115 Å². The van der Waals surface area contributed by atoms with E-state index >= 15 is 0 Å². The van der Waals surface area contributed by atoms with Crippen LogP contribution in [0.4, 0.5) is 0 Å². The Morgan fingerprint density at radius 1 is 1.10 bits per heavy atom. The van der Waals surface area contributed by atoms with Crippen molar-refractivity contribution in [1.29, 1.82) is 0 Å². The monoisotopic (exact) mass is 270 g/mol. The number of aryl methyl sites for hydroxylation is 2. The van der Waals surface area contributed by atoms with E-state index in [9.17, 15) is 9.59 Å². The summed E-state index contributed by atoms with van der Waals surface area (Å²) in [6, 6.07) is 9.06. The molecule has 2 aromatic heterocycles. The van der Waals surface area contributed by atoms with Crippen LogP contribution in [0.5, 0.6) is 0 Å². The molecule has 0 radical (unpaired) electrons. The molecule has 0 fully saturated rings. The number of nitrogens with zero attached hydrogens (tertiary/aromatic N) is 2. The average Bonchev–Trinajstić information content (AvgIpc) is 2.77. The molecule has 0 bridgehead atoms. The molecule has 0 N–H and O–H groups in total. The Kier molecular flexibility index (Phi) is 2.64. The molecule has 0 aliphatic heterocycles. The van der Waals surface area contributed by atoms with Crippen LogP contribution < -0.4 is 5.43 Å². The van der Waals surface area contributed by atoms with Gasteiger partial charge < -0.3 is 13.9 Å². The van der Waals surface area contributed by atoms with Gasteiger partial charge in [-0.15, -0.1) is 0 Å². The Balaban J connectivity index is 2.60. The molecule has 3 aromatic rings. The molecule has 0 saturated heterocycles. The largest absolute Gasteiger partial charge is 0.464 e. The number of pyridine rings is 1. The molecule has 2 heterocycles.